The first-order chi connectivity index (χ1) is 8.52. The summed E-state index contributed by atoms with van der Waals surface area (Å²) in [7, 11) is 0. The lowest BCUT2D eigenvalue weighted by atomic mass is 10.1. The number of aromatic nitrogens is 3. The Labute approximate surface area is 117 Å². The molecule has 0 saturated carbocycles. The summed E-state index contributed by atoms with van der Waals surface area (Å²) in [5, 5.41) is 13.8. The van der Waals surface area contributed by atoms with Gasteiger partial charge in [0.15, 0.2) is 0 Å². The fourth-order valence-electron chi connectivity index (χ4n) is 1.41. The smallest absolute Gasteiger partial charge is 0.223 e. The Morgan fingerprint density at radius 3 is 2.56 bits per heavy atom. The summed E-state index contributed by atoms with van der Waals surface area (Å²) >= 11 is 17.5. The van der Waals surface area contributed by atoms with Crippen molar-refractivity contribution < 1.29 is 9.50 Å². The Hall–Kier alpha value is -0.880. The highest BCUT2D eigenvalue weighted by molar-refractivity contribution is 6.48. The van der Waals surface area contributed by atoms with E-state index in [-0.39, 0.29) is 20.6 Å². The van der Waals surface area contributed by atoms with Gasteiger partial charge in [-0.05, 0) is 6.07 Å². The van der Waals surface area contributed by atoms with Gasteiger partial charge in [-0.1, -0.05) is 40.9 Å². The number of aliphatic hydroxyl groups is 1. The van der Waals surface area contributed by atoms with Crippen molar-refractivity contribution in [2.45, 2.75) is 12.4 Å². The lowest BCUT2D eigenvalue weighted by molar-refractivity contribution is 0.0254. The molecular formula is C10H7Cl3FN3O. The van der Waals surface area contributed by atoms with Crippen molar-refractivity contribution in [1.82, 2.24) is 14.8 Å². The second kappa shape index (κ2) is 5.40. The van der Waals surface area contributed by atoms with Crippen LogP contribution >= 0.6 is 34.8 Å². The van der Waals surface area contributed by atoms with E-state index in [1.807, 2.05) is 0 Å². The second-order valence-corrected chi connectivity index (χ2v) is 4.62. The van der Waals surface area contributed by atoms with Crippen LogP contribution < -0.4 is 0 Å². The molecule has 1 heterocycles. The molecule has 0 saturated heterocycles. The van der Waals surface area contributed by atoms with Gasteiger partial charge in [0.1, 0.15) is 18.8 Å². The molecule has 18 heavy (non-hydrogen) atoms. The minimum Gasteiger partial charge on any atom is -0.383 e. The number of alkyl halides is 1. The van der Waals surface area contributed by atoms with Crippen LogP contribution in [0.2, 0.25) is 15.1 Å². The molecule has 0 radical (unpaired) electrons. The first-order valence-electron chi connectivity index (χ1n) is 4.82. The molecule has 1 N–H and O–H groups in total. The third-order valence-corrected chi connectivity index (χ3v) is 3.64. The predicted octanol–water partition coefficient (Wildman–Crippen LogP) is 3.44. The van der Waals surface area contributed by atoms with Crippen LogP contribution in [0.15, 0.2) is 24.8 Å². The Morgan fingerprint density at radius 2 is 1.94 bits per heavy atom. The first-order valence-corrected chi connectivity index (χ1v) is 5.95. The van der Waals surface area contributed by atoms with Crippen molar-refractivity contribution in [2.24, 2.45) is 0 Å². The minimum atomic E-state index is -1.82. The van der Waals surface area contributed by atoms with E-state index in [2.05, 4.69) is 10.1 Å². The van der Waals surface area contributed by atoms with Crippen molar-refractivity contribution in [2.75, 3.05) is 0 Å². The number of benzene rings is 1. The Balaban J connectivity index is 2.35. The van der Waals surface area contributed by atoms with Crippen molar-refractivity contribution >= 4 is 34.8 Å². The highest BCUT2D eigenvalue weighted by atomic mass is 35.5. The molecule has 0 amide bonds. The fraction of sp³-hybridized carbons (Fsp3) is 0.200. The van der Waals surface area contributed by atoms with Crippen molar-refractivity contribution in [3.63, 3.8) is 0 Å². The van der Waals surface area contributed by atoms with Crippen LogP contribution in [0.1, 0.15) is 18.0 Å². The third-order valence-electron chi connectivity index (χ3n) is 2.33. The Morgan fingerprint density at radius 1 is 1.22 bits per heavy atom. The monoisotopic (exact) mass is 309 g/mol. The van der Waals surface area contributed by atoms with Gasteiger partial charge in [0.25, 0.3) is 0 Å². The zero-order chi connectivity index (χ0) is 13.3. The van der Waals surface area contributed by atoms with Gasteiger partial charge in [0.05, 0.1) is 15.1 Å². The maximum absolute atomic E-state index is 13.9. The normalized spacial score (nSPS) is 14.5. The second-order valence-electron chi connectivity index (χ2n) is 3.46. The topological polar surface area (TPSA) is 50.9 Å². The largest absolute Gasteiger partial charge is 0.383 e. The zero-order valence-corrected chi connectivity index (χ0v) is 11.0. The molecule has 1 aromatic carbocycles. The van der Waals surface area contributed by atoms with Crippen LogP contribution in [0.3, 0.4) is 0 Å². The van der Waals surface area contributed by atoms with Crippen molar-refractivity contribution in [3.05, 3.63) is 45.4 Å². The standard InChI is InChI=1S/C10H7Cl3FN3O/c11-6-2-1-5(7(12)8(6)13)9(18)10(14)17-4-15-3-16-17/h1-4,9-10,18H. The summed E-state index contributed by atoms with van der Waals surface area (Å²) in [4.78, 5) is 3.59. The van der Waals surface area contributed by atoms with Gasteiger partial charge in [-0.15, -0.1) is 0 Å². The van der Waals surface area contributed by atoms with E-state index >= 15 is 0 Å². The number of nitrogens with zero attached hydrogens (tertiary/aromatic N) is 3. The van der Waals surface area contributed by atoms with E-state index in [1.165, 1.54) is 12.1 Å². The maximum atomic E-state index is 13.9. The number of hydrogen-bond acceptors (Lipinski definition) is 3. The van der Waals surface area contributed by atoms with Crippen LogP contribution in [-0.2, 0) is 0 Å². The number of halogens is 4. The van der Waals surface area contributed by atoms with Crippen LogP contribution in [0.5, 0.6) is 0 Å². The molecule has 0 bridgehead atoms. The molecule has 0 spiro atoms. The van der Waals surface area contributed by atoms with Gasteiger partial charge < -0.3 is 5.11 Å². The first kappa shape index (κ1) is 13.5. The van der Waals surface area contributed by atoms with Gasteiger partial charge in [-0.2, -0.15) is 5.10 Å². The summed E-state index contributed by atoms with van der Waals surface area (Å²) in [6.45, 7) is 0. The van der Waals surface area contributed by atoms with E-state index in [9.17, 15) is 9.50 Å². The fourth-order valence-corrected chi connectivity index (χ4v) is 2.06. The molecular weight excluding hydrogens is 303 g/mol. The molecule has 2 atom stereocenters. The molecule has 2 unspecified atom stereocenters. The lowest BCUT2D eigenvalue weighted by Crippen LogP contribution is -2.14. The summed E-state index contributed by atoms with van der Waals surface area (Å²) < 4.78 is 14.8. The van der Waals surface area contributed by atoms with Crippen LogP contribution in [0.25, 0.3) is 0 Å². The van der Waals surface area contributed by atoms with Crippen LogP contribution in [-0.4, -0.2) is 19.9 Å². The molecule has 0 aliphatic carbocycles. The van der Waals surface area contributed by atoms with E-state index in [4.69, 9.17) is 34.8 Å². The van der Waals surface area contributed by atoms with Gasteiger partial charge in [0.2, 0.25) is 6.30 Å². The molecule has 2 aromatic rings. The number of rotatable bonds is 3. The molecule has 1 aromatic heterocycles. The highest BCUT2D eigenvalue weighted by Gasteiger charge is 2.26. The van der Waals surface area contributed by atoms with Crippen LogP contribution in [0, 0.1) is 0 Å². The Bertz CT molecular complexity index is 550. The van der Waals surface area contributed by atoms with E-state index in [0.717, 1.165) is 17.3 Å². The van der Waals surface area contributed by atoms with Gasteiger partial charge in [-0.25, -0.2) is 14.1 Å². The van der Waals surface area contributed by atoms with E-state index in [1.54, 1.807) is 0 Å². The summed E-state index contributed by atoms with van der Waals surface area (Å²) in [5.41, 5.74) is 0.133. The third kappa shape index (κ3) is 2.44. The predicted molar refractivity (Wildman–Crippen MR) is 66.6 cm³/mol. The van der Waals surface area contributed by atoms with Crippen LogP contribution in [0.4, 0.5) is 4.39 Å². The molecule has 96 valence electrons. The van der Waals surface area contributed by atoms with E-state index < -0.39 is 12.4 Å². The maximum Gasteiger partial charge on any atom is 0.223 e. The number of hydrogen-bond donors (Lipinski definition) is 1. The zero-order valence-electron chi connectivity index (χ0n) is 8.76. The molecule has 0 aliphatic heterocycles. The van der Waals surface area contributed by atoms with Gasteiger partial charge in [-0.3, -0.25) is 0 Å². The summed E-state index contributed by atoms with van der Waals surface area (Å²) in [5.74, 6) is 0. The average molecular weight is 311 g/mol. The molecule has 8 heteroatoms. The summed E-state index contributed by atoms with van der Waals surface area (Å²) in [6.07, 6.45) is -1.02. The average Bonchev–Trinajstić information content (AvgIpc) is 2.88. The van der Waals surface area contributed by atoms with E-state index in [0.29, 0.717) is 0 Å². The number of aliphatic hydroxyl groups excluding tert-OH is 1. The molecule has 4 nitrogen and oxygen atoms in total. The quantitative estimate of drug-likeness (QED) is 0.884. The minimum absolute atomic E-state index is 0.0134. The van der Waals surface area contributed by atoms with Crippen molar-refractivity contribution in [1.29, 1.82) is 0 Å². The highest BCUT2D eigenvalue weighted by Crippen LogP contribution is 2.38. The lowest BCUT2D eigenvalue weighted by Gasteiger charge is -2.17. The van der Waals surface area contributed by atoms with Gasteiger partial charge in [0, 0.05) is 5.56 Å². The molecule has 0 fully saturated rings. The SMILES string of the molecule is OC(c1ccc(Cl)c(Cl)c1Cl)C(F)n1cncn1. The molecule has 2 rings (SSSR count). The molecule has 0 aliphatic rings. The van der Waals surface area contributed by atoms with Gasteiger partial charge >= 0.3 is 0 Å². The summed E-state index contributed by atoms with van der Waals surface area (Å²) in [6, 6.07) is 2.84. The van der Waals surface area contributed by atoms with Crippen molar-refractivity contribution in [3.8, 4) is 0 Å². The Kier molecular flexibility index (Phi) is 4.07.